The van der Waals surface area contributed by atoms with Gasteiger partial charge in [0.2, 0.25) is 0 Å². The Hall–Kier alpha value is -8.06. The topological polar surface area (TPSA) is 25.8 Å². The molecule has 0 aliphatic rings. The molecule has 10 aromatic carbocycles. The van der Waals surface area contributed by atoms with Crippen LogP contribution in [0, 0.1) is 0 Å². The number of benzene rings is 10. The number of thiophene rings is 3. The van der Waals surface area contributed by atoms with E-state index >= 15 is 0 Å². The van der Waals surface area contributed by atoms with E-state index in [4.69, 9.17) is 9.97 Å². The van der Waals surface area contributed by atoms with Crippen LogP contribution in [-0.2, 0) is 0 Å². The molecule has 0 unspecified atom stereocenters. The molecular weight excluding hydrogens is 893 g/mol. The maximum atomic E-state index is 5.61. The average molecular weight is 931 g/mol. The lowest BCUT2D eigenvalue weighted by atomic mass is 9.85. The van der Waals surface area contributed by atoms with Crippen LogP contribution in [0.2, 0.25) is 0 Å². The molecule has 14 aromatic rings. The largest absolute Gasteiger partial charge is 0.228 e. The van der Waals surface area contributed by atoms with Crippen molar-refractivity contribution < 1.29 is 0 Å². The first kappa shape index (κ1) is 40.0. The third-order valence-corrected chi connectivity index (χ3v) is 17.0. The zero-order valence-electron chi connectivity index (χ0n) is 37.1. The highest BCUT2D eigenvalue weighted by molar-refractivity contribution is 7.26. The van der Waals surface area contributed by atoms with Crippen molar-refractivity contribution in [2.45, 2.75) is 0 Å². The van der Waals surface area contributed by atoms with Gasteiger partial charge >= 0.3 is 0 Å². The predicted molar refractivity (Wildman–Crippen MR) is 299 cm³/mol. The summed E-state index contributed by atoms with van der Waals surface area (Å²) in [7, 11) is 0. The van der Waals surface area contributed by atoms with Crippen molar-refractivity contribution >= 4 is 94.5 Å². The SMILES string of the molecule is c1ccc(-c2ccc(-c3cc(-c4c(-c5ccc6sc7ccccc7c6c5)cc(-c5ccc6sc7ccccc7c6c5)cc4-c4ccc5sc6ccccc6c5c4)nc(-c4ccccc4)n3)cc2)cc1. The van der Waals surface area contributed by atoms with Crippen molar-refractivity contribution in [1.29, 1.82) is 0 Å². The van der Waals surface area contributed by atoms with Crippen LogP contribution in [0.25, 0.3) is 139 Å². The summed E-state index contributed by atoms with van der Waals surface area (Å²) in [5, 5.41) is 7.64. The highest BCUT2D eigenvalue weighted by Crippen LogP contribution is 2.48. The second-order valence-electron chi connectivity index (χ2n) is 17.6. The molecule has 4 heterocycles. The minimum absolute atomic E-state index is 0.685. The Morgan fingerprint density at radius 2 is 0.609 bits per heavy atom. The molecule has 322 valence electrons. The van der Waals surface area contributed by atoms with E-state index in [0.29, 0.717) is 5.82 Å². The summed E-state index contributed by atoms with van der Waals surface area (Å²) in [6.45, 7) is 0. The van der Waals surface area contributed by atoms with Crippen molar-refractivity contribution in [3.8, 4) is 78.4 Å². The number of aromatic nitrogens is 2. The Balaban J connectivity index is 1.08. The van der Waals surface area contributed by atoms with Crippen LogP contribution in [-0.4, -0.2) is 9.97 Å². The van der Waals surface area contributed by atoms with Crippen LogP contribution in [0.4, 0.5) is 0 Å². The molecule has 14 rings (SSSR count). The van der Waals surface area contributed by atoms with Crippen molar-refractivity contribution in [3.05, 3.63) is 231 Å². The average Bonchev–Trinajstić information content (AvgIpc) is 4.11. The molecule has 69 heavy (non-hydrogen) atoms. The fraction of sp³-hybridized carbons (Fsp3) is 0. The molecule has 2 nitrogen and oxygen atoms in total. The van der Waals surface area contributed by atoms with Crippen LogP contribution in [0.15, 0.2) is 231 Å². The summed E-state index contributed by atoms with van der Waals surface area (Å²) < 4.78 is 7.73. The Morgan fingerprint density at radius 3 is 1.13 bits per heavy atom. The van der Waals surface area contributed by atoms with E-state index in [-0.39, 0.29) is 0 Å². The highest BCUT2D eigenvalue weighted by Gasteiger charge is 2.23. The minimum Gasteiger partial charge on any atom is -0.228 e. The molecular formula is C64H38N2S3. The molecule has 0 spiro atoms. The third-order valence-electron chi connectivity index (χ3n) is 13.5. The second kappa shape index (κ2) is 16.3. The third kappa shape index (κ3) is 6.97. The van der Waals surface area contributed by atoms with Gasteiger partial charge in [-0.25, -0.2) is 9.97 Å². The van der Waals surface area contributed by atoms with Gasteiger partial charge in [0.15, 0.2) is 5.82 Å². The van der Waals surface area contributed by atoms with Crippen LogP contribution >= 0.6 is 34.0 Å². The number of nitrogens with zero attached hydrogens (tertiary/aromatic N) is 2. The summed E-state index contributed by atoms with van der Waals surface area (Å²) in [5.74, 6) is 0.685. The lowest BCUT2D eigenvalue weighted by Gasteiger charge is -2.20. The maximum absolute atomic E-state index is 5.61. The van der Waals surface area contributed by atoms with E-state index in [1.807, 2.05) is 34.0 Å². The summed E-state index contributed by atoms with van der Waals surface area (Å²) in [6, 6.07) is 84.3. The van der Waals surface area contributed by atoms with Gasteiger partial charge in [0.25, 0.3) is 0 Å². The second-order valence-corrected chi connectivity index (χ2v) is 20.9. The van der Waals surface area contributed by atoms with Crippen LogP contribution in [0.5, 0.6) is 0 Å². The van der Waals surface area contributed by atoms with Gasteiger partial charge in [-0.15, -0.1) is 34.0 Å². The summed E-state index contributed by atoms with van der Waals surface area (Å²) >= 11 is 5.56. The van der Waals surface area contributed by atoms with Crippen molar-refractivity contribution in [1.82, 2.24) is 9.97 Å². The zero-order chi connectivity index (χ0) is 45.4. The van der Waals surface area contributed by atoms with Gasteiger partial charge in [-0.3, -0.25) is 0 Å². The molecule has 0 atom stereocenters. The quantitative estimate of drug-likeness (QED) is 0.159. The lowest BCUT2D eigenvalue weighted by Crippen LogP contribution is -1.99. The molecule has 0 saturated carbocycles. The van der Waals surface area contributed by atoms with Crippen molar-refractivity contribution in [3.63, 3.8) is 0 Å². The molecule has 4 aromatic heterocycles. The first-order valence-corrected chi connectivity index (χ1v) is 25.6. The molecule has 0 amide bonds. The first-order valence-electron chi connectivity index (χ1n) is 23.2. The Morgan fingerprint density at radius 1 is 0.232 bits per heavy atom. The highest BCUT2D eigenvalue weighted by atomic mass is 32.1. The monoisotopic (exact) mass is 930 g/mol. The lowest BCUT2D eigenvalue weighted by molar-refractivity contribution is 1.18. The van der Waals surface area contributed by atoms with Gasteiger partial charge in [0, 0.05) is 77.2 Å². The first-order chi connectivity index (χ1) is 34.1. The predicted octanol–water partition coefficient (Wildman–Crippen LogP) is 19.2. The standard InChI is InChI=1S/C64H38N2S3/c1-3-13-39(14-4-1)40-23-25-41(26-24-40)55-38-56(66-64(65-55)42-15-5-2-6-16-42)63-50(44-28-31-61-53(34-44)48-18-8-11-21-58(48)68-61)36-46(43-27-30-60-52(33-43)47-17-7-10-20-57(47)67-60)37-51(63)45-29-32-62-54(35-45)49-19-9-12-22-59(49)69-62/h1-38H. The minimum atomic E-state index is 0.685. The van der Waals surface area contributed by atoms with E-state index in [1.54, 1.807) is 0 Å². The molecule has 0 fully saturated rings. The van der Waals surface area contributed by atoms with Gasteiger partial charge < -0.3 is 0 Å². The molecule has 0 saturated heterocycles. The number of fused-ring (bicyclic) bond motifs is 9. The zero-order valence-corrected chi connectivity index (χ0v) is 39.5. The fourth-order valence-corrected chi connectivity index (χ4v) is 13.4. The van der Waals surface area contributed by atoms with Crippen LogP contribution in [0.3, 0.4) is 0 Å². The van der Waals surface area contributed by atoms with Gasteiger partial charge in [0.1, 0.15) is 0 Å². The number of hydrogen-bond donors (Lipinski definition) is 0. The van der Waals surface area contributed by atoms with E-state index in [2.05, 4.69) is 231 Å². The normalized spacial score (nSPS) is 11.8. The number of rotatable bonds is 7. The van der Waals surface area contributed by atoms with E-state index in [0.717, 1.165) is 55.9 Å². The van der Waals surface area contributed by atoms with E-state index in [1.165, 1.54) is 77.2 Å². The molecule has 0 aliphatic heterocycles. The van der Waals surface area contributed by atoms with Gasteiger partial charge in [-0.1, -0.05) is 158 Å². The molecule has 0 bridgehead atoms. The van der Waals surface area contributed by atoms with Gasteiger partial charge in [-0.05, 0) is 117 Å². The van der Waals surface area contributed by atoms with Crippen LogP contribution < -0.4 is 0 Å². The summed E-state index contributed by atoms with van der Waals surface area (Å²) in [6.07, 6.45) is 0. The van der Waals surface area contributed by atoms with Gasteiger partial charge in [0.05, 0.1) is 11.4 Å². The van der Waals surface area contributed by atoms with Crippen molar-refractivity contribution in [2.24, 2.45) is 0 Å². The molecule has 0 radical (unpaired) electrons. The Bertz CT molecular complexity index is 4160. The molecule has 0 N–H and O–H groups in total. The summed E-state index contributed by atoms with van der Waals surface area (Å²) in [4.78, 5) is 11.0. The summed E-state index contributed by atoms with van der Waals surface area (Å²) in [5.41, 5.74) is 14.0. The van der Waals surface area contributed by atoms with E-state index < -0.39 is 0 Å². The van der Waals surface area contributed by atoms with Crippen molar-refractivity contribution in [2.75, 3.05) is 0 Å². The molecule has 5 heteroatoms. The number of hydrogen-bond acceptors (Lipinski definition) is 5. The van der Waals surface area contributed by atoms with Crippen LogP contribution in [0.1, 0.15) is 0 Å². The fourth-order valence-electron chi connectivity index (χ4n) is 10.1. The van der Waals surface area contributed by atoms with E-state index in [9.17, 15) is 0 Å². The smallest absolute Gasteiger partial charge is 0.160 e. The molecule has 0 aliphatic carbocycles. The van der Waals surface area contributed by atoms with Gasteiger partial charge in [-0.2, -0.15) is 0 Å². The Kier molecular flexibility index (Phi) is 9.47. The maximum Gasteiger partial charge on any atom is 0.160 e. The Labute approximate surface area is 410 Å².